The molecule has 0 spiro atoms. The van der Waals surface area contributed by atoms with E-state index in [0.717, 1.165) is 31.6 Å². The molecule has 0 saturated heterocycles. The summed E-state index contributed by atoms with van der Waals surface area (Å²) in [5.74, 6) is -0.108. The maximum absolute atomic E-state index is 13.3. The van der Waals surface area contributed by atoms with Crippen molar-refractivity contribution in [3.8, 4) is 0 Å². The molecule has 1 rings (SSSR count). The first-order valence-electron chi connectivity index (χ1n) is 5.91. The summed E-state index contributed by atoms with van der Waals surface area (Å²) < 4.78 is 13.3. The number of likely N-dealkylation sites (N-methyl/N-ethyl adjacent to an activating group) is 1. The van der Waals surface area contributed by atoms with Crippen LogP contribution in [0.1, 0.15) is 19.4 Å². The molecule has 0 saturated carbocycles. The monoisotopic (exact) mass is 224 g/mol. The van der Waals surface area contributed by atoms with E-state index in [4.69, 9.17) is 0 Å². The van der Waals surface area contributed by atoms with Crippen LogP contribution in [0, 0.1) is 5.82 Å². The topological polar surface area (TPSA) is 24.1 Å². The molecule has 3 heteroatoms. The number of halogens is 1. The molecule has 0 amide bonds. The first-order chi connectivity index (χ1) is 7.74. The van der Waals surface area contributed by atoms with E-state index in [2.05, 4.69) is 24.5 Å². The molecule has 0 aliphatic rings. The van der Waals surface area contributed by atoms with Crippen LogP contribution in [0.15, 0.2) is 24.3 Å². The predicted molar refractivity (Wildman–Crippen MR) is 66.1 cm³/mol. The summed E-state index contributed by atoms with van der Waals surface area (Å²) in [4.78, 5) is 0. The smallest absolute Gasteiger partial charge is 0.126 e. The van der Waals surface area contributed by atoms with Gasteiger partial charge in [-0.15, -0.1) is 0 Å². The summed E-state index contributed by atoms with van der Waals surface area (Å²) in [5.41, 5.74) is 0.783. The summed E-state index contributed by atoms with van der Waals surface area (Å²) in [5, 5.41) is 6.64. The fraction of sp³-hybridized carbons (Fsp3) is 0.538. The second kappa shape index (κ2) is 7.36. The average Bonchev–Trinajstić information content (AvgIpc) is 2.29. The number of rotatable bonds is 7. The molecule has 2 nitrogen and oxygen atoms in total. The Bertz CT molecular complexity index is 302. The van der Waals surface area contributed by atoms with Crippen LogP contribution in [0.5, 0.6) is 0 Å². The maximum atomic E-state index is 13.3. The van der Waals surface area contributed by atoms with Gasteiger partial charge in [-0.1, -0.05) is 25.1 Å². The molecule has 1 aromatic rings. The van der Waals surface area contributed by atoms with Gasteiger partial charge >= 0.3 is 0 Å². The Morgan fingerprint density at radius 1 is 1.31 bits per heavy atom. The van der Waals surface area contributed by atoms with Crippen molar-refractivity contribution in [2.24, 2.45) is 0 Å². The molecule has 90 valence electrons. The SMILES string of the molecule is CCNCC(C)NCCc1ccccc1F. The van der Waals surface area contributed by atoms with Gasteiger partial charge in [-0.3, -0.25) is 0 Å². The first kappa shape index (κ1) is 13.1. The number of nitrogens with one attached hydrogen (secondary N) is 2. The third-order valence-electron chi connectivity index (χ3n) is 2.55. The van der Waals surface area contributed by atoms with E-state index in [0.29, 0.717) is 6.04 Å². The van der Waals surface area contributed by atoms with E-state index in [1.165, 1.54) is 6.07 Å². The van der Waals surface area contributed by atoms with Gasteiger partial charge in [-0.2, -0.15) is 0 Å². The quantitative estimate of drug-likeness (QED) is 0.740. The summed E-state index contributed by atoms with van der Waals surface area (Å²) in [6, 6.07) is 7.37. The average molecular weight is 224 g/mol. The molecular weight excluding hydrogens is 203 g/mol. The highest BCUT2D eigenvalue weighted by Crippen LogP contribution is 2.06. The zero-order valence-corrected chi connectivity index (χ0v) is 10.1. The predicted octanol–water partition coefficient (Wildman–Crippen LogP) is 1.96. The summed E-state index contributed by atoms with van der Waals surface area (Å²) in [6.45, 7) is 6.97. The molecular formula is C13H21FN2. The van der Waals surface area contributed by atoms with Crippen molar-refractivity contribution in [3.05, 3.63) is 35.6 Å². The molecule has 1 unspecified atom stereocenters. The van der Waals surface area contributed by atoms with E-state index >= 15 is 0 Å². The Labute approximate surface area is 97.3 Å². The third-order valence-corrected chi connectivity index (χ3v) is 2.55. The number of benzene rings is 1. The molecule has 1 aromatic carbocycles. The van der Waals surface area contributed by atoms with Crippen LogP contribution in [0.4, 0.5) is 4.39 Å². The van der Waals surface area contributed by atoms with E-state index < -0.39 is 0 Å². The Kier molecular flexibility index (Phi) is 6.04. The van der Waals surface area contributed by atoms with Crippen LogP contribution < -0.4 is 10.6 Å². The van der Waals surface area contributed by atoms with Gasteiger partial charge in [0.1, 0.15) is 5.82 Å². The lowest BCUT2D eigenvalue weighted by atomic mass is 10.1. The minimum atomic E-state index is -0.108. The van der Waals surface area contributed by atoms with Gasteiger partial charge in [0.2, 0.25) is 0 Å². The van der Waals surface area contributed by atoms with E-state index in [1.54, 1.807) is 6.07 Å². The van der Waals surface area contributed by atoms with Crippen LogP contribution in [0.25, 0.3) is 0 Å². The maximum Gasteiger partial charge on any atom is 0.126 e. The van der Waals surface area contributed by atoms with Crippen LogP contribution in [-0.4, -0.2) is 25.7 Å². The molecule has 0 heterocycles. The van der Waals surface area contributed by atoms with Crippen LogP contribution in [0.3, 0.4) is 0 Å². The fourth-order valence-electron chi connectivity index (χ4n) is 1.59. The van der Waals surface area contributed by atoms with Gasteiger partial charge in [-0.05, 0) is 38.1 Å². The second-order valence-corrected chi connectivity index (χ2v) is 4.00. The van der Waals surface area contributed by atoms with Crippen LogP contribution >= 0.6 is 0 Å². The second-order valence-electron chi connectivity index (χ2n) is 4.00. The molecule has 0 bridgehead atoms. The van der Waals surface area contributed by atoms with Gasteiger partial charge in [0, 0.05) is 12.6 Å². The number of hydrogen-bond acceptors (Lipinski definition) is 2. The Morgan fingerprint density at radius 3 is 2.75 bits per heavy atom. The van der Waals surface area contributed by atoms with E-state index in [-0.39, 0.29) is 5.82 Å². The van der Waals surface area contributed by atoms with Gasteiger partial charge in [0.15, 0.2) is 0 Å². The van der Waals surface area contributed by atoms with Crippen molar-refractivity contribution in [2.45, 2.75) is 26.3 Å². The van der Waals surface area contributed by atoms with Gasteiger partial charge < -0.3 is 10.6 Å². The summed E-state index contributed by atoms with van der Waals surface area (Å²) in [6.07, 6.45) is 0.739. The highest BCUT2D eigenvalue weighted by atomic mass is 19.1. The van der Waals surface area contributed by atoms with Gasteiger partial charge in [0.05, 0.1) is 0 Å². The minimum absolute atomic E-state index is 0.108. The van der Waals surface area contributed by atoms with Gasteiger partial charge in [-0.25, -0.2) is 4.39 Å². The first-order valence-corrected chi connectivity index (χ1v) is 5.91. The van der Waals surface area contributed by atoms with Crippen molar-refractivity contribution in [2.75, 3.05) is 19.6 Å². The highest BCUT2D eigenvalue weighted by molar-refractivity contribution is 5.17. The molecule has 0 radical (unpaired) electrons. The zero-order chi connectivity index (χ0) is 11.8. The van der Waals surface area contributed by atoms with Crippen molar-refractivity contribution >= 4 is 0 Å². The van der Waals surface area contributed by atoms with Crippen LogP contribution in [-0.2, 0) is 6.42 Å². The molecule has 1 atom stereocenters. The highest BCUT2D eigenvalue weighted by Gasteiger charge is 2.02. The molecule has 0 aliphatic heterocycles. The van der Waals surface area contributed by atoms with E-state index in [9.17, 15) is 4.39 Å². The largest absolute Gasteiger partial charge is 0.315 e. The summed E-state index contributed by atoms with van der Waals surface area (Å²) >= 11 is 0. The molecule has 2 N–H and O–H groups in total. The van der Waals surface area contributed by atoms with Crippen molar-refractivity contribution in [1.29, 1.82) is 0 Å². The molecule has 16 heavy (non-hydrogen) atoms. The Hall–Kier alpha value is -0.930. The lowest BCUT2D eigenvalue weighted by molar-refractivity contribution is 0.507. The fourth-order valence-corrected chi connectivity index (χ4v) is 1.59. The summed E-state index contributed by atoms with van der Waals surface area (Å²) in [7, 11) is 0. The zero-order valence-electron chi connectivity index (χ0n) is 10.1. The third kappa shape index (κ3) is 4.73. The normalized spacial score (nSPS) is 12.7. The molecule has 0 aromatic heterocycles. The number of hydrogen-bond donors (Lipinski definition) is 2. The molecule has 0 aliphatic carbocycles. The Morgan fingerprint density at radius 2 is 2.06 bits per heavy atom. The van der Waals surface area contributed by atoms with Crippen LogP contribution in [0.2, 0.25) is 0 Å². The van der Waals surface area contributed by atoms with Crippen molar-refractivity contribution in [3.63, 3.8) is 0 Å². The van der Waals surface area contributed by atoms with Crippen molar-refractivity contribution < 1.29 is 4.39 Å². The Balaban J connectivity index is 2.23. The van der Waals surface area contributed by atoms with E-state index in [1.807, 2.05) is 12.1 Å². The molecule has 0 fully saturated rings. The van der Waals surface area contributed by atoms with Crippen molar-refractivity contribution in [1.82, 2.24) is 10.6 Å². The van der Waals surface area contributed by atoms with Gasteiger partial charge in [0.25, 0.3) is 0 Å². The lowest BCUT2D eigenvalue weighted by Crippen LogP contribution is -2.37. The standard InChI is InChI=1S/C13H21FN2/c1-3-15-10-11(2)16-9-8-12-6-4-5-7-13(12)14/h4-7,11,15-16H,3,8-10H2,1-2H3. The minimum Gasteiger partial charge on any atom is -0.315 e. The lowest BCUT2D eigenvalue weighted by Gasteiger charge is -2.14.